The summed E-state index contributed by atoms with van der Waals surface area (Å²) in [4.78, 5) is 9.50. The average molecular weight is 386 g/mol. The summed E-state index contributed by atoms with van der Waals surface area (Å²) in [5.74, 6) is 0.913. The minimum absolute atomic E-state index is 0.510. The molecule has 2 N–H and O–H groups in total. The van der Waals surface area contributed by atoms with E-state index in [9.17, 15) is 0 Å². The Balaban J connectivity index is 1.23. The summed E-state index contributed by atoms with van der Waals surface area (Å²) in [6.45, 7) is 6.78. The van der Waals surface area contributed by atoms with Crippen LogP contribution in [0, 0.1) is 0 Å². The van der Waals surface area contributed by atoms with Crippen LogP contribution in [0.4, 0.5) is 5.69 Å². The molecule has 4 rings (SSSR count). The quantitative estimate of drug-likeness (QED) is 0.601. The van der Waals surface area contributed by atoms with Gasteiger partial charge in [-0.3, -0.25) is 9.89 Å². The van der Waals surface area contributed by atoms with Gasteiger partial charge in [0.25, 0.3) is 0 Å². The second kappa shape index (κ2) is 9.61. The third-order valence-electron chi connectivity index (χ3n) is 6.40. The summed E-state index contributed by atoms with van der Waals surface area (Å²) in [5, 5.41) is 7.11. The van der Waals surface area contributed by atoms with E-state index in [-0.39, 0.29) is 0 Å². The standard InChI is InChI=1S/C22H35N5O/c1-23-22(25-19-10-11-27(17-19)20-4-2-3-5-20)24-16-18-6-8-21(9-7-18)26-12-14-28-15-13-26/h6-9,19-20H,2-5,10-17H2,1H3,(H2,23,24,25). The first-order chi connectivity index (χ1) is 13.8. The maximum Gasteiger partial charge on any atom is 0.191 e. The number of likely N-dealkylation sites (tertiary alicyclic amines) is 1. The van der Waals surface area contributed by atoms with Crippen molar-refractivity contribution in [3.8, 4) is 0 Å². The van der Waals surface area contributed by atoms with Crippen LogP contribution in [0.5, 0.6) is 0 Å². The van der Waals surface area contributed by atoms with Gasteiger partial charge in [0, 0.05) is 57.5 Å². The summed E-state index contributed by atoms with van der Waals surface area (Å²) in [7, 11) is 1.86. The van der Waals surface area contributed by atoms with Crippen LogP contribution in [0.1, 0.15) is 37.7 Å². The van der Waals surface area contributed by atoms with Crippen molar-refractivity contribution in [2.24, 2.45) is 4.99 Å². The van der Waals surface area contributed by atoms with Crippen molar-refractivity contribution in [2.75, 3.05) is 51.3 Å². The van der Waals surface area contributed by atoms with E-state index in [1.165, 1.54) is 49.9 Å². The van der Waals surface area contributed by atoms with Gasteiger partial charge in [-0.25, -0.2) is 0 Å². The van der Waals surface area contributed by atoms with Crippen LogP contribution in [0.15, 0.2) is 29.3 Å². The molecular weight excluding hydrogens is 350 g/mol. The van der Waals surface area contributed by atoms with Crippen LogP contribution < -0.4 is 15.5 Å². The van der Waals surface area contributed by atoms with Gasteiger partial charge in [-0.1, -0.05) is 25.0 Å². The molecule has 3 aliphatic rings. The summed E-state index contributed by atoms with van der Waals surface area (Å²) < 4.78 is 5.44. The first-order valence-electron chi connectivity index (χ1n) is 10.9. The molecule has 0 radical (unpaired) electrons. The molecule has 2 saturated heterocycles. The average Bonchev–Trinajstić information content (AvgIpc) is 3.44. The van der Waals surface area contributed by atoms with E-state index in [1.54, 1.807) is 0 Å². The molecule has 6 heteroatoms. The van der Waals surface area contributed by atoms with Crippen LogP contribution in [0.25, 0.3) is 0 Å². The molecule has 3 fully saturated rings. The fourth-order valence-electron chi connectivity index (χ4n) is 4.73. The Morgan fingerprint density at radius 1 is 1.07 bits per heavy atom. The molecular formula is C22H35N5O. The number of benzene rings is 1. The Bertz CT molecular complexity index is 635. The van der Waals surface area contributed by atoms with Gasteiger partial charge in [0.05, 0.1) is 13.2 Å². The molecule has 1 aliphatic carbocycles. The fraction of sp³-hybridized carbons (Fsp3) is 0.682. The highest BCUT2D eigenvalue weighted by atomic mass is 16.5. The van der Waals surface area contributed by atoms with Crippen molar-refractivity contribution >= 4 is 11.6 Å². The monoisotopic (exact) mass is 385 g/mol. The summed E-state index contributed by atoms with van der Waals surface area (Å²) in [5.41, 5.74) is 2.56. The number of hydrogen-bond donors (Lipinski definition) is 2. The minimum atomic E-state index is 0.510. The molecule has 1 aromatic carbocycles. The predicted octanol–water partition coefficient (Wildman–Crippen LogP) is 2.21. The number of rotatable bonds is 5. The lowest BCUT2D eigenvalue weighted by Crippen LogP contribution is -2.45. The second-order valence-electron chi connectivity index (χ2n) is 8.25. The highest BCUT2D eigenvalue weighted by molar-refractivity contribution is 5.80. The van der Waals surface area contributed by atoms with Gasteiger partial charge in [0.15, 0.2) is 5.96 Å². The van der Waals surface area contributed by atoms with Gasteiger partial charge in [-0.15, -0.1) is 0 Å². The molecule has 28 heavy (non-hydrogen) atoms. The second-order valence-corrected chi connectivity index (χ2v) is 8.25. The van der Waals surface area contributed by atoms with Crippen LogP contribution in [-0.2, 0) is 11.3 Å². The predicted molar refractivity (Wildman–Crippen MR) is 115 cm³/mol. The SMILES string of the molecule is CN=C(NCc1ccc(N2CCOCC2)cc1)NC1CCN(C2CCCC2)C1. The normalized spacial score (nSPS) is 24.7. The van der Waals surface area contributed by atoms with E-state index < -0.39 is 0 Å². The number of anilines is 1. The Morgan fingerprint density at radius 2 is 1.82 bits per heavy atom. The number of morpholine rings is 1. The first-order valence-corrected chi connectivity index (χ1v) is 10.9. The maximum absolute atomic E-state index is 5.44. The number of nitrogens with one attached hydrogen (secondary N) is 2. The van der Waals surface area contributed by atoms with Crippen molar-refractivity contribution in [1.29, 1.82) is 0 Å². The number of nitrogens with zero attached hydrogens (tertiary/aromatic N) is 3. The van der Waals surface area contributed by atoms with Gasteiger partial charge >= 0.3 is 0 Å². The number of guanidine groups is 1. The van der Waals surface area contributed by atoms with Gasteiger partial charge in [-0.05, 0) is 37.0 Å². The van der Waals surface area contributed by atoms with E-state index in [2.05, 4.69) is 49.7 Å². The molecule has 154 valence electrons. The zero-order chi connectivity index (χ0) is 19.2. The van der Waals surface area contributed by atoms with Gasteiger partial charge in [0.1, 0.15) is 0 Å². The van der Waals surface area contributed by atoms with Crippen molar-refractivity contribution in [3.05, 3.63) is 29.8 Å². The van der Waals surface area contributed by atoms with Gasteiger partial charge < -0.3 is 20.3 Å². The van der Waals surface area contributed by atoms with E-state index in [0.717, 1.165) is 51.4 Å². The summed E-state index contributed by atoms with van der Waals surface area (Å²) in [6.07, 6.45) is 6.81. The van der Waals surface area contributed by atoms with Gasteiger partial charge in [-0.2, -0.15) is 0 Å². The lowest BCUT2D eigenvalue weighted by atomic mass is 10.2. The lowest BCUT2D eigenvalue weighted by molar-refractivity contribution is 0.122. The maximum atomic E-state index is 5.44. The van der Waals surface area contributed by atoms with Crippen molar-refractivity contribution in [3.63, 3.8) is 0 Å². The molecule has 2 aliphatic heterocycles. The van der Waals surface area contributed by atoms with Crippen molar-refractivity contribution in [1.82, 2.24) is 15.5 Å². The Kier molecular flexibility index (Phi) is 6.70. The molecule has 1 atom stereocenters. The largest absolute Gasteiger partial charge is 0.378 e. The number of hydrogen-bond acceptors (Lipinski definition) is 4. The zero-order valence-electron chi connectivity index (χ0n) is 17.2. The smallest absolute Gasteiger partial charge is 0.191 e. The van der Waals surface area contributed by atoms with Crippen LogP contribution >= 0.6 is 0 Å². The van der Waals surface area contributed by atoms with Crippen molar-refractivity contribution < 1.29 is 4.74 Å². The topological polar surface area (TPSA) is 52.1 Å². The Hall–Kier alpha value is -1.79. The van der Waals surface area contributed by atoms with E-state index in [1.807, 2.05) is 7.05 Å². The Morgan fingerprint density at radius 3 is 2.54 bits per heavy atom. The molecule has 1 saturated carbocycles. The van der Waals surface area contributed by atoms with E-state index in [4.69, 9.17) is 4.74 Å². The highest BCUT2D eigenvalue weighted by Crippen LogP contribution is 2.26. The number of aliphatic imine (C=N–C) groups is 1. The third kappa shape index (κ3) is 4.97. The molecule has 1 aromatic rings. The lowest BCUT2D eigenvalue weighted by Gasteiger charge is -2.29. The minimum Gasteiger partial charge on any atom is -0.378 e. The van der Waals surface area contributed by atoms with Crippen molar-refractivity contribution in [2.45, 2.75) is 50.7 Å². The highest BCUT2D eigenvalue weighted by Gasteiger charge is 2.30. The molecule has 0 bridgehead atoms. The molecule has 0 spiro atoms. The van der Waals surface area contributed by atoms with E-state index in [0.29, 0.717) is 6.04 Å². The van der Waals surface area contributed by atoms with Crippen LogP contribution in [-0.4, -0.2) is 69.4 Å². The fourth-order valence-corrected chi connectivity index (χ4v) is 4.73. The van der Waals surface area contributed by atoms with E-state index >= 15 is 0 Å². The Labute approximate surface area is 169 Å². The third-order valence-corrected chi connectivity index (χ3v) is 6.40. The van der Waals surface area contributed by atoms with Crippen LogP contribution in [0.3, 0.4) is 0 Å². The molecule has 0 aromatic heterocycles. The molecule has 2 heterocycles. The summed E-state index contributed by atoms with van der Waals surface area (Å²) in [6, 6.07) is 10.2. The molecule has 6 nitrogen and oxygen atoms in total. The number of ether oxygens (including phenoxy) is 1. The zero-order valence-corrected chi connectivity index (χ0v) is 17.2. The summed E-state index contributed by atoms with van der Waals surface area (Å²) >= 11 is 0. The van der Waals surface area contributed by atoms with Gasteiger partial charge in [0.2, 0.25) is 0 Å². The first kappa shape index (κ1) is 19.5. The molecule has 0 amide bonds. The molecule has 1 unspecified atom stereocenters. The van der Waals surface area contributed by atoms with Crippen LogP contribution in [0.2, 0.25) is 0 Å².